The van der Waals surface area contributed by atoms with Crippen LogP contribution in [0.1, 0.15) is 0 Å². The van der Waals surface area contributed by atoms with E-state index in [2.05, 4.69) is 4.98 Å². The number of hydrogen-bond donors (Lipinski definition) is 1. The Morgan fingerprint density at radius 1 is 1.44 bits per heavy atom. The number of thiazole rings is 1. The van der Waals surface area contributed by atoms with Crippen LogP contribution in [0.4, 0.5) is 5.13 Å². The molecule has 0 saturated heterocycles. The van der Waals surface area contributed by atoms with Gasteiger partial charge in [-0.15, -0.1) is 11.3 Å². The number of nitrogens with two attached hydrogens (primary N) is 1. The molecule has 0 bridgehead atoms. The third-order valence-corrected chi connectivity index (χ3v) is 2.67. The van der Waals surface area contributed by atoms with Gasteiger partial charge in [-0.1, -0.05) is 12.1 Å². The van der Waals surface area contributed by atoms with Gasteiger partial charge in [0.25, 0.3) is 0 Å². The molecule has 1 aromatic carbocycles. The molecule has 2 rings (SSSR count). The molecular formula is C11H12N2O2S. The van der Waals surface area contributed by atoms with Gasteiger partial charge in [0.05, 0.1) is 5.69 Å². The molecular weight excluding hydrogens is 224 g/mol. The van der Waals surface area contributed by atoms with Crippen LogP contribution in [0.25, 0.3) is 11.3 Å². The second-order valence-corrected chi connectivity index (χ2v) is 4.04. The zero-order valence-corrected chi connectivity index (χ0v) is 9.66. The molecule has 0 aliphatic carbocycles. The first-order valence-corrected chi connectivity index (χ1v) is 5.61. The molecule has 0 aliphatic rings. The molecule has 2 N–H and O–H groups in total. The van der Waals surface area contributed by atoms with Gasteiger partial charge in [-0.2, -0.15) is 0 Å². The average molecular weight is 236 g/mol. The predicted octanol–water partition coefficient (Wildman–Crippen LogP) is 2.38. The maximum atomic E-state index is 5.59. The molecule has 0 radical (unpaired) electrons. The Balaban J connectivity index is 2.22. The Morgan fingerprint density at radius 3 is 3.00 bits per heavy atom. The third-order valence-electron chi connectivity index (χ3n) is 2.00. The van der Waals surface area contributed by atoms with E-state index in [-0.39, 0.29) is 6.79 Å². The van der Waals surface area contributed by atoms with E-state index in [1.807, 2.05) is 29.6 Å². The Bertz CT molecular complexity index is 471. The first-order chi connectivity index (χ1) is 7.79. The van der Waals surface area contributed by atoms with Crippen LogP contribution in [0.5, 0.6) is 5.75 Å². The molecule has 0 unspecified atom stereocenters. The first-order valence-electron chi connectivity index (χ1n) is 4.73. The van der Waals surface area contributed by atoms with Crippen LogP contribution in [0, 0.1) is 0 Å². The highest BCUT2D eigenvalue weighted by Crippen LogP contribution is 2.26. The zero-order chi connectivity index (χ0) is 11.4. The van der Waals surface area contributed by atoms with E-state index in [9.17, 15) is 0 Å². The minimum absolute atomic E-state index is 0.239. The number of aromatic nitrogens is 1. The molecule has 5 heteroatoms. The molecule has 0 aliphatic heterocycles. The van der Waals surface area contributed by atoms with Crippen molar-refractivity contribution < 1.29 is 9.47 Å². The first kappa shape index (κ1) is 10.9. The summed E-state index contributed by atoms with van der Waals surface area (Å²) in [7, 11) is 1.59. The number of nitrogens with zero attached hydrogens (tertiary/aromatic N) is 1. The summed E-state index contributed by atoms with van der Waals surface area (Å²) < 4.78 is 10.2. The smallest absolute Gasteiger partial charge is 0.188 e. The fourth-order valence-corrected chi connectivity index (χ4v) is 1.86. The van der Waals surface area contributed by atoms with Crippen LogP contribution in [0.2, 0.25) is 0 Å². The summed E-state index contributed by atoms with van der Waals surface area (Å²) in [5.41, 5.74) is 7.44. The Kier molecular flexibility index (Phi) is 3.38. The van der Waals surface area contributed by atoms with Gasteiger partial charge in [0.1, 0.15) is 5.75 Å². The van der Waals surface area contributed by atoms with Gasteiger partial charge in [0.15, 0.2) is 11.9 Å². The van der Waals surface area contributed by atoms with Crippen molar-refractivity contribution in [1.29, 1.82) is 0 Å². The summed E-state index contributed by atoms with van der Waals surface area (Å²) in [4.78, 5) is 4.21. The van der Waals surface area contributed by atoms with E-state index in [4.69, 9.17) is 15.2 Å². The van der Waals surface area contributed by atoms with Gasteiger partial charge in [0.2, 0.25) is 0 Å². The van der Waals surface area contributed by atoms with Gasteiger partial charge < -0.3 is 15.2 Å². The highest BCUT2D eigenvalue weighted by atomic mass is 32.1. The SMILES string of the molecule is COCOc1cccc(-c2csc(N)n2)c1. The zero-order valence-electron chi connectivity index (χ0n) is 8.84. The normalized spacial score (nSPS) is 10.3. The van der Waals surface area contributed by atoms with Gasteiger partial charge in [-0.3, -0.25) is 0 Å². The molecule has 0 spiro atoms. The van der Waals surface area contributed by atoms with E-state index in [0.29, 0.717) is 5.13 Å². The lowest BCUT2D eigenvalue weighted by molar-refractivity contribution is 0.0511. The van der Waals surface area contributed by atoms with E-state index < -0.39 is 0 Å². The summed E-state index contributed by atoms with van der Waals surface area (Å²) in [5.74, 6) is 0.755. The van der Waals surface area contributed by atoms with E-state index >= 15 is 0 Å². The summed E-state index contributed by atoms with van der Waals surface area (Å²) in [6.07, 6.45) is 0. The van der Waals surface area contributed by atoms with Gasteiger partial charge >= 0.3 is 0 Å². The van der Waals surface area contributed by atoms with Crippen molar-refractivity contribution >= 4 is 16.5 Å². The van der Waals surface area contributed by atoms with Gasteiger partial charge in [-0.05, 0) is 12.1 Å². The fourth-order valence-electron chi connectivity index (χ4n) is 1.29. The number of rotatable bonds is 4. The Morgan fingerprint density at radius 2 is 2.31 bits per heavy atom. The maximum Gasteiger partial charge on any atom is 0.188 e. The number of ether oxygens (including phenoxy) is 2. The van der Waals surface area contributed by atoms with Crippen LogP contribution in [0.15, 0.2) is 29.6 Å². The van der Waals surface area contributed by atoms with Crippen LogP contribution in [-0.4, -0.2) is 18.9 Å². The monoisotopic (exact) mass is 236 g/mol. The molecule has 84 valence electrons. The van der Waals surface area contributed by atoms with E-state index in [1.54, 1.807) is 7.11 Å². The van der Waals surface area contributed by atoms with Crippen LogP contribution in [0.3, 0.4) is 0 Å². The molecule has 16 heavy (non-hydrogen) atoms. The van der Waals surface area contributed by atoms with Crippen molar-refractivity contribution in [3.05, 3.63) is 29.6 Å². The Hall–Kier alpha value is -1.59. The molecule has 1 aromatic heterocycles. The highest BCUT2D eigenvalue weighted by molar-refractivity contribution is 7.13. The summed E-state index contributed by atoms with van der Waals surface area (Å²) in [6.45, 7) is 0.239. The predicted molar refractivity (Wildman–Crippen MR) is 64.5 cm³/mol. The summed E-state index contributed by atoms with van der Waals surface area (Å²) in [6, 6.07) is 7.66. The lowest BCUT2D eigenvalue weighted by atomic mass is 10.2. The minimum atomic E-state index is 0.239. The molecule has 0 atom stereocenters. The quantitative estimate of drug-likeness (QED) is 0.828. The largest absolute Gasteiger partial charge is 0.468 e. The molecule has 1 heterocycles. The number of nitrogen functional groups attached to an aromatic ring is 1. The van der Waals surface area contributed by atoms with E-state index in [1.165, 1.54) is 11.3 Å². The minimum Gasteiger partial charge on any atom is -0.468 e. The fraction of sp³-hybridized carbons (Fsp3) is 0.182. The van der Waals surface area contributed by atoms with Crippen molar-refractivity contribution in [2.24, 2.45) is 0 Å². The number of methoxy groups -OCH3 is 1. The number of benzene rings is 1. The second-order valence-electron chi connectivity index (χ2n) is 3.15. The molecule has 0 saturated carbocycles. The van der Waals surface area contributed by atoms with Gasteiger partial charge in [0, 0.05) is 18.1 Å². The Labute approximate surface area is 97.6 Å². The maximum absolute atomic E-state index is 5.59. The molecule has 2 aromatic rings. The van der Waals surface area contributed by atoms with Crippen molar-refractivity contribution in [2.75, 3.05) is 19.6 Å². The van der Waals surface area contributed by atoms with Crippen LogP contribution < -0.4 is 10.5 Å². The van der Waals surface area contributed by atoms with Crippen molar-refractivity contribution in [1.82, 2.24) is 4.98 Å². The van der Waals surface area contributed by atoms with Crippen molar-refractivity contribution in [3.8, 4) is 17.0 Å². The van der Waals surface area contributed by atoms with Crippen LogP contribution >= 0.6 is 11.3 Å². The van der Waals surface area contributed by atoms with Gasteiger partial charge in [-0.25, -0.2) is 4.98 Å². The van der Waals surface area contributed by atoms with Crippen molar-refractivity contribution in [2.45, 2.75) is 0 Å². The molecule has 0 fully saturated rings. The second kappa shape index (κ2) is 4.96. The standard InChI is InChI=1S/C11H12N2O2S/c1-14-7-15-9-4-2-3-8(5-9)10-6-16-11(12)13-10/h2-6H,7H2,1H3,(H2,12,13). The highest BCUT2D eigenvalue weighted by Gasteiger charge is 2.03. The summed E-state index contributed by atoms with van der Waals surface area (Å²) in [5, 5.41) is 2.49. The molecule has 0 amide bonds. The number of anilines is 1. The molecule has 4 nitrogen and oxygen atoms in total. The number of hydrogen-bond acceptors (Lipinski definition) is 5. The average Bonchev–Trinajstić information content (AvgIpc) is 2.74. The van der Waals surface area contributed by atoms with E-state index in [0.717, 1.165) is 17.0 Å². The lowest BCUT2D eigenvalue weighted by Crippen LogP contribution is -1.98. The lowest BCUT2D eigenvalue weighted by Gasteiger charge is -2.05. The van der Waals surface area contributed by atoms with Crippen LogP contribution in [-0.2, 0) is 4.74 Å². The third kappa shape index (κ3) is 2.50. The summed E-state index contributed by atoms with van der Waals surface area (Å²) >= 11 is 1.42. The topological polar surface area (TPSA) is 57.4 Å². The van der Waals surface area contributed by atoms with Crippen molar-refractivity contribution in [3.63, 3.8) is 0 Å².